The van der Waals surface area contributed by atoms with Gasteiger partial charge in [0.2, 0.25) is 0 Å². The van der Waals surface area contributed by atoms with Crippen molar-refractivity contribution < 1.29 is 24.5 Å². The maximum atomic E-state index is 11.0. The van der Waals surface area contributed by atoms with Crippen LogP contribution >= 0.6 is 0 Å². The highest BCUT2D eigenvalue weighted by Crippen LogP contribution is 2.25. The molecular weight excluding hydrogens is 272 g/mol. The van der Waals surface area contributed by atoms with Crippen molar-refractivity contribution in [3.05, 3.63) is 28.8 Å². The van der Waals surface area contributed by atoms with Gasteiger partial charge < -0.3 is 19.7 Å². The van der Waals surface area contributed by atoms with E-state index in [1.807, 2.05) is 0 Å². The lowest BCUT2D eigenvalue weighted by molar-refractivity contribution is 0.0110. The monoisotopic (exact) mass is 296 g/mol. The van der Waals surface area contributed by atoms with Gasteiger partial charge in [0.25, 0.3) is 0 Å². The Morgan fingerprint density at radius 3 is 2.38 bits per heavy atom. The van der Waals surface area contributed by atoms with E-state index in [1.165, 1.54) is 0 Å². The molecule has 0 fully saturated rings. The molecule has 118 valence electrons. The standard InChI is InChI=1S/C16H24O5/c1-4-5-6-20-9-14(17)10-21-15-11(2)7-13(16(18)19)8-12(15)3/h7-8,14,17H,4-6,9-10H2,1-3H3,(H,18,19). The van der Waals surface area contributed by atoms with Crippen LogP contribution in [0, 0.1) is 13.8 Å². The summed E-state index contributed by atoms with van der Waals surface area (Å²) in [5.41, 5.74) is 1.72. The summed E-state index contributed by atoms with van der Waals surface area (Å²) in [6.07, 6.45) is 1.34. The summed E-state index contributed by atoms with van der Waals surface area (Å²) in [4.78, 5) is 11.0. The minimum absolute atomic E-state index is 0.125. The Labute approximate surface area is 125 Å². The number of aryl methyl sites for hydroxylation is 2. The molecule has 1 atom stereocenters. The molecule has 0 aliphatic carbocycles. The number of hydrogen-bond acceptors (Lipinski definition) is 4. The summed E-state index contributed by atoms with van der Waals surface area (Å²) in [5.74, 6) is -0.343. The number of ether oxygens (including phenoxy) is 2. The average molecular weight is 296 g/mol. The maximum Gasteiger partial charge on any atom is 0.335 e. The number of benzene rings is 1. The summed E-state index contributed by atoms with van der Waals surface area (Å²) in [5, 5.41) is 18.8. The topological polar surface area (TPSA) is 76.0 Å². The highest BCUT2D eigenvalue weighted by Gasteiger charge is 2.12. The number of unbranched alkanes of at least 4 members (excludes halogenated alkanes) is 1. The van der Waals surface area contributed by atoms with Crippen molar-refractivity contribution in [1.82, 2.24) is 0 Å². The first-order valence-corrected chi connectivity index (χ1v) is 7.18. The van der Waals surface area contributed by atoms with Gasteiger partial charge in [-0.15, -0.1) is 0 Å². The molecule has 0 saturated heterocycles. The van der Waals surface area contributed by atoms with Gasteiger partial charge in [-0.05, 0) is 43.5 Å². The van der Waals surface area contributed by atoms with E-state index in [0.717, 1.165) is 24.0 Å². The first-order valence-electron chi connectivity index (χ1n) is 7.18. The fourth-order valence-electron chi connectivity index (χ4n) is 1.99. The maximum absolute atomic E-state index is 11.0. The Hall–Kier alpha value is -1.59. The summed E-state index contributed by atoms with van der Waals surface area (Å²) >= 11 is 0. The van der Waals surface area contributed by atoms with Gasteiger partial charge in [0, 0.05) is 6.61 Å². The molecule has 0 heterocycles. The zero-order valence-corrected chi connectivity index (χ0v) is 12.9. The van der Waals surface area contributed by atoms with Crippen molar-refractivity contribution >= 4 is 5.97 Å². The highest BCUT2D eigenvalue weighted by molar-refractivity contribution is 5.88. The van der Waals surface area contributed by atoms with E-state index in [1.54, 1.807) is 26.0 Å². The molecule has 0 saturated carbocycles. The van der Waals surface area contributed by atoms with E-state index in [4.69, 9.17) is 14.6 Å². The molecule has 5 heteroatoms. The molecule has 0 radical (unpaired) electrons. The molecule has 0 amide bonds. The molecule has 2 N–H and O–H groups in total. The van der Waals surface area contributed by atoms with Gasteiger partial charge in [-0.3, -0.25) is 0 Å². The van der Waals surface area contributed by atoms with Gasteiger partial charge in [-0.2, -0.15) is 0 Å². The molecule has 0 aromatic heterocycles. The lowest BCUT2D eigenvalue weighted by Gasteiger charge is -2.16. The van der Waals surface area contributed by atoms with Crippen LogP contribution in [0.15, 0.2) is 12.1 Å². The van der Waals surface area contributed by atoms with Crippen LogP contribution in [0.4, 0.5) is 0 Å². The van der Waals surface area contributed by atoms with E-state index in [9.17, 15) is 9.90 Å². The second-order valence-corrected chi connectivity index (χ2v) is 5.14. The van der Waals surface area contributed by atoms with Crippen molar-refractivity contribution in [2.75, 3.05) is 19.8 Å². The zero-order chi connectivity index (χ0) is 15.8. The summed E-state index contributed by atoms with van der Waals surface area (Å²) in [7, 11) is 0. The third-order valence-corrected chi connectivity index (χ3v) is 3.08. The van der Waals surface area contributed by atoms with Gasteiger partial charge >= 0.3 is 5.97 Å². The Balaban J connectivity index is 2.53. The zero-order valence-electron chi connectivity index (χ0n) is 12.9. The lowest BCUT2D eigenvalue weighted by atomic mass is 10.1. The number of carboxylic acid groups (broad SMARTS) is 1. The number of hydrogen-bond donors (Lipinski definition) is 2. The minimum atomic E-state index is -0.961. The van der Waals surface area contributed by atoms with Gasteiger partial charge in [-0.1, -0.05) is 13.3 Å². The number of aromatic carboxylic acids is 1. The fourth-order valence-corrected chi connectivity index (χ4v) is 1.99. The molecular formula is C16H24O5. The average Bonchev–Trinajstić information content (AvgIpc) is 2.42. The fraction of sp³-hybridized carbons (Fsp3) is 0.562. The molecule has 0 bridgehead atoms. The second-order valence-electron chi connectivity index (χ2n) is 5.14. The first-order chi connectivity index (χ1) is 9.95. The molecule has 21 heavy (non-hydrogen) atoms. The van der Waals surface area contributed by atoms with Crippen LogP contribution in [0.5, 0.6) is 5.75 Å². The van der Waals surface area contributed by atoms with Crippen molar-refractivity contribution in [1.29, 1.82) is 0 Å². The van der Waals surface area contributed by atoms with Gasteiger partial charge in [-0.25, -0.2) is 4.79 Å². The molecule has 1 aromatic carbocycles. The Morgan fingerprint density at radius 2 is 1.86 bits per heavy atom. The van der Waals surface area contributed by atoms with Gasteiger partial charge in [0.15, 0.2) is 0 Å². The number of aliphatic hydroxyl groups is 1. The molecule has 1 unspecified atom stereocenters. The van der Waals surface area contributed by atoms with Crippen LogP contribution in [0.25, 0.3) is 0 Å². The van der Waals surface area contributed by atoms with Crippen LogP contribution in [0.1, 0.15) is 41.3 Å². The Bertz CT molecular complexity index is 447. The largest absolute Gasteiger partial charge is 0.490 e. The predicted molar refractivity (Wildman–Crippen MR) is 80.1 cm³/mol. The highest BCUT2D eigenvalue weighted by atomic mass is 16.5. The van der Waals surface area contributed by atoms with Crippen LogP contribution in [-0.4, -0.2) is 42.1 Å². The molecule has 5 nitrogen and oxygen atoms in total. The molecule has 0 aliphatic heterocycles. The molecule has 1 aromatic rings. The Morgan fingerprint density at radius 1 is 1.24 bits per heavy atom. The van der Waals surface area contributed by atoms with E-state index in [2.05, 4.69) is 6.92 Å². The third-order valence-electron chi connectivity index (χ3n) is 3.08. The number of aliphatic hydroxyl groups excluding tert-OH is 1. The predicted octanol–water partition coefficient (Wildman–Crippen LogP) is 2.56. The number of rotatable bonds is 9. The van der Waals surface area contributed by atoms with E-state index >= 15 is 0 Å². The van der Waals surface area contributed by atoms with Crippen molar-refractivity contribution in [3.8, 4) is 5.75 Å². The third kappa shape index (κ3) is 5.73. The van der Waals surface area contributed by atoms with Crippen molar-refractivity contribution in [3.63, 3.8) is 0 Å². The van der Waals surface area contributed by atoms with E-state index < -0.39 is 12.1 Å². The van der Waals surface area contributed by atoms with Crippen molar-refractivity contribution in [2.24, 2.45) is 0 Å². The lowest BCUT2D eigenvalue weighted by Crippen LogP contribution is -2.24. The molecule has 1 rings (SSSR count). The summed E-state index contributed by atoms with van der Waals surface area (Å²) in [6.45, 7) is 6.66. The summed E-state index contributed by atoms with van der Waals surface area (Å²) < 4.78 is 10.9. The van der Waals surface area contributed by atoms with Gasteiger partial charge in [0.05, 0.1) is 12.2 Å². The second kappa shape index (κ2) is 8.64. The van der Waals surface area contributed by atoms with E-state index in [-0.39, 0.29) is 18.8 Å². The summed E-state index contributed by atoms with van der Waals surface area (Å²) in [6, 6.07) is 3.13. The van der Waals surface area contributed by atoms with E-state index in [0.29, 0.717) is 12.4 Å². The van der Waals surface area contributed by atoms with Crippen LogP contribution in [0.3, 0.4) is 0 Å². The van der Waals surface area contributed by atoms with Crippen LogP contribution in [-0.2, 0) is 4.74 Å². The number of carboxylic acids is 1. The normalized spacial score (nSPS) is 12.2. The van der Waals surface area contributed by atoms with Gasteiger partial charge in [0.1, 0.15) is 18.5 Å². The van der Waals surface area contributed by atoms with Crippen LogP contribution < -0.4 is 4.74 Å². The Kier molecular flexibility index (Phi) is 7.19. The number of carbonyl (C=O) groups is 1. The van der Waals surface area contributed by atoms with Crippen LogP contribution in [0.2, 0.25) is 0 Å². The molecule has 0 spiro atoms. The first kappa shape index (κ1) is 17.5. The molecule has 0 aliphatic rings. The minimum Gasteiger partial charge on any atom is -0.490 e. The SMILES string of the molecule is CCCCOCC(O)COc1c(C)cc(C(=O)O)cc1C. The van der Waals surface area contributed by atoms with Crippen molar-refractivity contribution in [2.45, 2.75) is 39.7 Å². The quantitative estimate of drug-likeness (QED) is 0.685. The smallest absolute Gasteiger partial charge is 0.335 e.